The van der Waals surface area contributed by atoms with E-state index >= 15 is 0 Å². The molecule has 1 heterocycles. The van der Waals surface area contributed by atoms with Crippen LogP contribution in [0.15, 0.2) is 42.6 Å². The Morgan fingerprint density at radius 2 is 1.95 bits per heavy atom. The Morgan fingerprint density at radius 3 is 2.58 bits per heavy atom. The van der Waals surface area contributed by atoms with Crippen molar-refractivity contribution < 1.29 is 4.39 Å². The smallest absolute Gasteiger partial charge is 0.141 e. The van der Waals surface area contributed by atoms with Gasteiger partial charge in [-0.3, -0.25) is 4.98 Å². The van der Waals surface area contributed by atoms with Crippen LogP contribution in [0.2, 0.25) is 5.02 Å². The van der Waals surface area contributed by atoms with E-state index in [4.69, 9.17) is 11.6 Å². The molecule has 2 aromatic rings. The van der Waals surface area contributed by atoms with E-state index < -0.39 is 0 Å². The molecule has 0 fully saturated rings. The average molecular weight is 279 g/mol. The number of halogens is 2. The molecule has 0 saturated carbocycles. The fraction of sp³-hybridized carbons (Fsp3) is 0.267. The van der Waals surface area contributed by atoms with E-state index in [0.717, 1.165) is 16.3 Å². The molecule has 1 unspecified atom stereocenters. The van der Waals surface area contributed by atoms with Crippen LogP contribution in [0.5, 0.6) is 0 Å². The number of benzene rings is 1. The van der Waals surface area contributed by atoms with E-state index in [0.29, 0.717) is 0 Å². The lowest BCUT2D eigenvalue weighted by atomic mass is 10.1. The number of nitrogens with one attached hydrogen (secondary N) is 1. The van der Waals surface area contributed by atoms with Gasteiger partial charge in [-0.15, -0.1) is 0 Å². The molecule has 1 aromatic carbocycles. The Kier molecular flexibility index (Phi) is 4.51. The zero-order valence-electron chi connectivity index (χ0n) is 10.9. The molecule has 0 saturated heterocycles. The van der Waals surface area contributed by atoms with Gasteiger partial charge in [-0.25, -0.2) is 4.39 Å². The maximum atomic E-state index is 12.8. The minimum atomic E-state index is -0.321. The highest BCUT2D eigenvalue weighted by Gasteiger charge is 2.12. The summed E-state index contributed by atoms with van der Waals surface area (Å²) in [6.45, 7) is 4.06. The molecule has 0 amide bonds. The Morgan fingerprint density at radius 1 is 1.16 bits per heavy atom. The van der Waals surface area contributed by atoms with Crippen molar-refractivity contribution in [1.29, 1.82) is 0 Å². The second kappa shape index (κ2) is 6.13. The third-order valence-electron chi connectivity index (χ3n) is 3.04. The van der Waals surface area contributed by atoms with Gasteiger partial charge in [0.05, 0.1) is 11.9 Å². The maximum Gasteiger partial charge on any atom is 0.141 e. The highest BCUT2D eigenvalue weighted by atomic mass is 35.5. The molecule has 100 valence electrons. The summed E-state index contributed by atoms with van der Waals surface area (Å²) >= 11 is 5.98. The SMILES string of the molecule is CC(N[C@@H](C)c1cccc(Cl)c1)c1ccc(F)cn1. The molecule has 1 N–H and O–H groups in total. The first kappa shape index (κ1) is 14.0. The van der Waals surface area contributed by atoms with Gasteiger partial charge in [0.25, 0.3) is 0 Å². The molecule has 2 rings (SSSR count). The van der Waals surface area contributed by atoms with Gasteiger partial charge in [-0.1, -0.05) is 23.7 Å². The molecule has 0 spiro atoms. The fourth-order valence-electron chi connectivity index (χ4n) is 1.98. The fourth-order valence-corrected chi connectivity index (χ4v) is 2.17. The van der Waals surface area contributed by atoms with Gasteiger partial charge in [-0.05, 0) is 43.7 Å². The van der Waals surface area contributed by atoms with Crippen molar-refractivity contribution in [3.63, 3.8) is 0 Å². The molecule has 0 aliphatic heterocycles. The number of hydrogen-bond acceptors (Lipinski definition) is 2. The van der Waals surface area contributed by atoms with E-state index in [2.05, 4.69) is 17.2 Å². The van der Waals surface area contributed by atoms with E-state index in [1.165, 1.54) is 12.3 Å². The molecule has 0 bridgehead atoms. The molecule has 0 radical (unpaired) electrons. The standard InChI is InChI=1S/C15H16ClFN2/c1-10(12-4-3-5-13(16)8-12)19-11(2)15-7-6-14(17)9-18-15/h3-11,19H,1-2H3/t10-,11?/m0/s1. The predicted octanol–water partition coefficient (Wildman–Crippen LogP) is 4.29. The van der Waals surface area contributed by atoms with E-state index in [9.17, 15) is 4.39 Å². The largest absolute Gasteiger partial charge is 0.302 e. The first-order valence-corrected chi connectivity index (χ1v) is 6.57. The third kappa shape index (κ3) is 3.75. The van der Waals surface area contributed by atoms with E-state index in [-0.39, 0.29) is 17.9 Å². The number of pyridine rings is 1. The lowest BCUT2D eigenvalue weighted by Crippen LogP contribution is -2.23. The molecule has 19 heavy (non-hydrogen) atoms. The van der Waals surface area contributed by atoms with Gasteiger partial charge < -0.3 is 5.32 Å². The van der Waals surface area contributed by atoms with Crippen LogP contribution in [0.1, 0.15) is 37.2 Å². The number of nitrogens with zero attached hydrogens (tertiary/aromatic N) is 1. The summed E-state index contributed by atoms with van der Waals surface area (Å²) in [6, 6.07) is 11.0. The predicted molar refractivity (Wildman–Crippen MR) is 75.6 cm³/mol. The van der Waals surface area contributed by atoms with Crippen molar-refractivity contribution in [3.8, 4) is 0 Å². The van der Waals surface area contributed by atoms with Crippen molar-refractivity contribution in [2.45, 2.75) is 25.9 Å². The Labute approximate surface area is 117 Å². The molecule has 0 aliphatic carbocycles. The molecule has 1 aromatic heterocycles. The minimum absolute atomic E-state index is 0.0366. The molecule has 2 nitrogen and oxygen atoms in total. The second-order valence-electron chi connectivity index (χ2n) is 4.57. The molecule has 0 aliphatic rings. The molecule has 2 atom stereocenters. The Hall–Kier alpha value is -1.45. The number of hydrogen-bond donors (Lipinski definition) is 1. The molecular formula is C15H16ClFN2. The van der Waals surface area contributed by atoms with Gasteiger partial charge in [0.15, 0.2) is 0 Å². The Balaban J connectivity index is 2.06. The number of aromatic nitrogens is 1. The van der Waals surface area contributed by atoms with Crippen LogP contribution in [0, 0.1) is 5.82 Å². The zero-order chi connectivity index (χ0) is 13.8. The first-order valence-electron chi connectivity index (χ1n) is 6.19. The monoisotopic (exact) mass is 278 g/mol. The topological polar surface area (TPSA) is 24.9 Å². The van der Waals surface area contributed by atoms with Gasteiger partial charge in [0, 0.05) is 17.1 Å². The maximum absolute atomic E-state index is 12.8. The van der Waals surface area contributed by atoms with E-state index in [1.807, 2.05) is 31.2 Å². The first-order chi connectivity index (χ1) is 9.06. The molecule has 4 heteroatoms. The quantitative estimate of drug-likeness (QED) is 0.903. The summed E-state index contributed by atoms with van der Waals surface area (Å²) < 4.78 is 12.8. The lowest BCUT2D eigenvalue weighted by molar-refractivity contribution is 0.484. The molecular weight excluding hydrogens is 263 g/mol. The highest BCUT2D eigenvalue weighted by Crippen LogP contribution is 2.20. The van der Waals surface area contributed by atoms with Crippen LogP contribution in [0.3, 0.4) is 0 Å². The zero-order valence-corrected chi connectivity index (χ0v) is 11.7. The van der Waals surface area contributed by atoms with Crippen molar-refractivity contribution in [1.82, 2.24) is 10.3 Å². The van der Waals surface area contributed by atoms with Crippen molar-refractivity contribution in [3.05, 3.63) is 64.7 Å². The van der Waals surface area contributed by atoms with E-state index in [1.54, 1.807) is 6.07 Å². The van der Waals surface area contributed by atoms with Crippen molar-refractivity contribution in [2.24, 2.45) is 0 Å². The lowest BCUT2D eigenvalue weighted by Gasteiger charge is -2.20. The van der Waals surface area contributed by atoms with Crippen LogP contribution in [-0.2, 0) is 0 Å². The summed E-state index contributed by atoms with van der Waals surface area (Å²) in [5.74, 6) is -0.321. The average Bonchev–Trinajstić information content (AvgIpc) is 2.39. The summed E-state index contributed by atoms with van der Waals surface area (Å²) in [4.78, 5) is 4.08. The van der Waals surface area contributed by atoms with Gasteiger partial charge in [-0.2, -0.15) is 0 Å². The van der Waals surface area contributed by atoms with Crippen molar-refractivity contribution in [2.75, 3.05) is 0 Å². The summed E-state index contributed by atoms with van der Waals surface area (Å²) in [7, 11) is 0. The number of rotatable bonds is 4. The summed E-state index contributed by atoms with van der Waals surface area (Å²) in [5, 5.41) is 4.14. The van der Waals surface area contributed by atoms with Gasteiger partial charge >= 0.3 is 0 Å². The summed E-state index contributed by atoms with van der Waals surface area (Å²) in [6.07, 6.45) is 1.23. The van der Waals surface area contributed by atoms with Crippen LogP contribution in [-0.4, -0.2) is 4.98 Å². The normalized spacial score (nSPS) is 14.1. The van der Waals surface area contributed by atoms with Gasteiger partial charge in [0.1, 0.15) is 5.82 Å². The van der Waals surface area contributed by atoms with Crippen LogP contribution in [0.4, 0.5) is 4.39 Å². The highest BCUT2D eigenvalue weighted by molar-refractivity contribution is 6.30. The summed E-state index contributed by atoms with van der Waals surface area (Å²) in [5.41, 5.74) is 1.93. The minimum Gasteiger partial charge on any atom is -0.302 e. The van der Waals surface area contributed by atoms with Crippen LogP contribution < -0.4 is 5.32 Å². The van der Waals surface area contributed by atoms with Crippen LogP contribution in [0.25, 0.3) is 0 Å². The second-order valence-corrected chi connectivity index (χ2v) is 5.00. The Bertz CT molecular complexity index is 542. The third-order valence-corrected chi connectivity index (χ3v) is 3.28. The van der Waals surface area contributed by atoms with Crippen molar-refractivity contribution >= 4 is 11.6 Å². The van der Waals surface area contributed by atoms with Gasteiger partial charge in [0.2, 0.25) is 0 Å². The van der Waals surface area contributed by atoms with Crippen LogP contribution >= 0.6 is 11.6 Å².